The molecular weight excluding hydrogens is 306 g/mol. The van der Waals surface area contributed by atoms with Crippen LogP contribution < -0.4 is 15.8 Å². The van der Waals surface area contributed by atoms with Gasteiger partial charge in [-0.15, -0.1) is 5.10 Å². The molecule has 1 fully saturated rings. The Bertz CT molecular complexity index is 686. The molecule has 0 saturated carbocycles. The van der Waals surface area contributed by atoms with Gasteiger partial charge in [0, 0.05) is 32.2 Å². The second kappa shape index (κ2) is 7.31. The number of fused-ring (bicyclic) bond motifs is 1. The van der Waals surface area contributed by atoms with Crippen molar-refractivity contribution in [2.45, 2.75) is 52.3 Å². The maximum Gasteiger partial charge on any atom is 0.336 e. The molecule has 1 unspecified atom stereocenters. The molecule has 2 aromatic heterocycles. The molecule has 132 valence electrons. The van der Waals surface area contributed by atoms with Gasteiger partial charge in [-0.3, -0.25) is 4.90 Å². The van der Waals surface area contributed by atoms with Crippen LogP contribution in [0.25, 0.3) is 5.65 Å². The van der Waals surface area contributed by atoms with E-state index >= 15 is 0 Å². The van der Waals surface area contributed by atoms with Crippen molar-refractivity contribution in [1.29, 1.82) is 0 Å². The molecule has 0 aliphatic carbocycles. The fourth-order valence-electron chi connectivity index (χ4n) is 3.06. The first kappa shape index (κ1) is 16.9. The van der Waals surface area contributed by atoms with Crippen molar-refractivity contribution >= 4 is 11.5 Å². The van der Waals surface area contributed by atoms with Gasteiger partial charge in [0.05, 0.1) is 18.0 Å². The zero-order chi connectivity index (χ0) is 17.1. The van der Waals surface area contributed by atoms with Crippen molar-refractivity contribution in [2.24, 2.45) is 0 Å². The van der Waals surface area contributed by atoms with Gasteiger partial charge in [0.15, 0.2) is 11.5 Å². The van der Waals surface area contributed by atoms with Gasteiger partial charge >= 0.3 is 6.01 Å². The van der Waals surface area contributed by atoms with Crippen LogP contribution in [0.3, 0.4) is 0 Å². The van der Waals surface area contributed by atoms with Crippen LogP contribution in [0.5, 0.6) is 6.01 Å². The molecule has 0 radical (unpaired) electrons. The molecule has 3 rings (SSSR count). The molecule has 0 aromatic carbocycles. The van der Waals surface area contributed by atoms with Crippen LogP contribution in [0.15, 0.2) is 6.20 Å². The summed E-state index contributed by atoms with van der Waals surface area (Å²) in [5.41, 5.74) is 7.63. The van der Waals surface area contributed by atoms with Crippen LogP contribution in [0, 0.1) is 0 Å². The molecule has 8 heteroatoms. The van der Waals surface area contributed by atoms with Crippen LogP contribution in [0.1, 0.15) is 39.3 Å². The van der Waals surface area contributed by atoms with Crippen molar-refractivity contribution in [3.05, 3.63) is 11.9 Å². The van der Waals surface area contributed by atoms with Gasteiger partial charge in [0.1, 0.15) is 0 Å². The lowest BCUT2D eigenvalue weighted by Crippen LogP contribution is -2.49. The number of nitrogens with two attached hydrogens (primary N) is 1. The van der Waals surface area contributed by atoms with E-state index in [1.165, 1.54) is 0 Å². The quantitative estimate of drug-likeness (QED) is 0.816. The predicted molar refractivity (Wildman–Crippen MR) is 92.9 cm³/mol. The largest absolute Gasteiger partial charge is 0.459 e. The number of piperazine rings is 1. The molecule has 3 heterocycles. The first-order valence-electron chi connectivity index (χ1n) is 8.70. The summed E-state index contributed by atoms with van der Waals surface area (Å²) in [6.07, 6.45) is 3.90. The highest BCUT2D eigenvalue weighted by Gasteiger charge is 2.21. The third-order valence-electron chi connectivity index (χ3n) is 4.45. The molecule has 8 nitrogen and oxygen atoms in total. The van der Waals surface area contributed by atoms with Crippen LogP contribution >= 0.6 is 0 Å². The third kappa shape index (κ3) is 3.59. The number of nitrogens with zero attached hydrogens (tertiary/aromatic N) is 5. The monoisotopic (exact) mass is 333 g/mol. The van der Waals surface area contributed by atoms with E-state index in [9.17, 15) is 0 Å². The van der Waals surface area contributed by atoms with Gasteiger partial charge in [-0.25, -0.2) is 9.50 Å². The zero-order valence-electron chi connectivity index (χ0n) is 14.7. The summed E-state index contributed by atoms with van der Waals surface area (Å²) >= 11 is 0. The molecule has 1 saturated heterocycles. The lowest BCUT2D eigenvalue weighted by molar-refractivity contribution is 0.162. The number of hydrogen-bond donors (Lipinski definition) is 2. The minimum absolute atomic E-state index is 0.0620. The van der Waals surface area contributed by atoms with Crippen LogP contribution in [-0.4, -0.2) is 56.3 Å². The molecule has 2 atom stereocenters. The van der Waals surface area contributed by atoms with Crippen molar-refractivity contribution in [1.82, 2.24) is 29.8 Å². The molecule has 1 aliphatic heterocycles. The number of hydrogen-bond acceptors (Lipinski definition) is 7. The lowest BCUT2D eigenvalue weighted by atomic mass is 10.2. The van der Waals surface area contributed by atoms with E-state index in [-0.39, 0.29) is 6.10 Å². The molecule has 2 aromatic rings. The number of nitrogen functional groups attached to an aromatic ring is 1. The Morgan fingerprint density at radius 1 is 1.50 bits per heavy atom. The average Bonchev–Trinajstić information content (AvgIpc) is 2.93. The Morgan fingerprint density at radius 3 is 3.08 bits per heavy atom. The average molecular weight is 333 g/mol. The number of anilines is 1. The molecule has 0 amide bonds. The minimum atomic E-state index is 0.0620. The fraction of sp³-hybridized carbons (Fsp3) is 0.688. The summed E-state index contributed by atoms with van der Waals surface area (Å²) in [6, 6.07) is 0.789. The van der Waals surface area contributed by atoms with Crippen molar-refractivity contribution < 1.29 is 4.74 Å². The molecule has 3 N–H and O–H groups in total. The van der Waals surface area contributed by atoms with Crippen LogP contribution in [0.2, 0.25) is 0 Å². The van der Waals surface area contributed by atoms with Gasteiger partial charge in [-0.05, 0) is 20.3 Å². The molecular formula is C16H27N7O. The molecule has 1 aliphatic rings. The summed E-state index contributed by atoms with van der Waals surface area (Å²) < 4.78 is 7.57. The SMILES string of the molecule is CCCC(C)Oc1nc(N)c2ncc(CN3CCNC[C@H]3C)n2n1. The third-order valence-corrected chi connectivity index (χ3v) is 4.45. The highest BCUT2D eigenvalue weighted by molar-refractivity contribution is 5.59. The summed E-state index contributed by atoms with van der Waals surface area (Å²) in [6.45, 7) is 10.2. The normalized spacial score (nSPS) is 20.4. The maximum atomic E-state index is 6.04. The summed E-state index contributed by atoms with van der Waals surface area (Å²) in [5, 5.41) is 7.91. The summed E-state index contributed by atoms with van der Waals surface area (Å²) in [5.74, 6) is 0.350. The Hall–Kier alpha value is -1.93. The van der Waals surface area contributed by atoms with Gasteiger partial charge in [0.25, 0.3) is 0 Å². The first-order chi connectivity index (χ1) is 11.6. The van der Waals surface area contributed by atoms with E-state index in [1.807, 2.05) is 13.1 Å². The summed E-state index contributed by atoms with van der Waals surface area (Å²) in [4.78, 5) is 11.0. The second-order valence-electron chi connectivity index (χ2n) is 6.51. The highest BCUT2D eigenvalue weighted by Crippen LogP contribution is 2.18. The van der Waals surface area contributed by atoms with Crippen molar-refractivity contribution in [3.63, 3.8) is 0 Å². The topological polar surface area (TPSA) is 93.6 Å². The number of nitrogens with one attached hydrogen (secondary N) is 1. The standard InChI is InChI=1S/C16H27N7O/c1-4-5-12(3)24-16-20-14(17)15-19-9-13(23(15)21-16)10-22-7-6-18-8-11(22)2/h9,11-12,18H,4-8,10H2,1-3H3,(H2,17,20,21)/t11-,12?/m1/s1. The van der Waals surface area contributed by atoms with E-state index in [0.29, 0.717) is 23.5 Å². The van der Waals surface area contributed by atoms with Crippen LogP contribution in [-0.2, 0) is 6.54 Å². The van der Waals surface area contributed by atoms with Crippen LogP contribution in [0.4, 0.5) is 5.82 Å². The number of ether oxygens (including phenoxy) is 1. The van der Waals surface area contributed by atoms with E-state index in [0.717, 1.165) is 44.7 Å². The number of rotatable bonds is 6. The van der Waals surface area contributed by atoms with Gasteiger partial charge in [-0.2, -0.15) is 4.98 Å². The van der Waals surface area contributed by atoms with E-state index in [4.69, 9.17) is 10.5 Å². The first-order valence-corrected chi connectivity index (χ1v) is 8.70. The molecule has 0 bridgehead atoms. The lowest BCUT2D eigenvalue weighted by Gasteiger charge is -2.33. The van der Waals surface area contributed by atoms with Gasteiger partial charge < -0.3 is 15.8 Å². The number of imidazole rings is 1. The summed E-state index contributed by atoms with van der Waals surface area (Å²) in [7, 11) is 0. The molecule has 0 spiro atoms. The minimum Gasteiger partial charge on any atom is -0.459 e. The maximum absolute atomic E-state index is 6.04. The number of aromatic nitrogens is 4. The molecule has 24 heavy (non-hydrogen) atoms. The predicted octanol–water partition coefficient (Wildman–Crippen LogP) is 1.07. The van der Waals surface area contributed by atoms with Gasteiger partial charge in [-0.1, -0.05) is 13.3 Å². The van der Waals surface area contributed by atoms with E-state index in [1.54, 1.807) is 4.52 Å². The van der Waals surface area contributed by atoms with E-state index < -0.39 is 0 Å². The zero-order valence-corrected chi connectivity index (χ0v) is 14.7. The Balaban J connectivity index is 1.84. The Labute approximate surface area is 142 Å². The van der Waals surface area contributed by atoms with Gasteiger partial charge in [0.2, 0.25) is 0 Å². The highest BCUT2D eigenvalue weighted by atomic mass is 16.5. The second-order valence-corrected chi connectivity index (χ2v) is 6.51. The van der Waals surface area contributed by atoms with E-state index in [2.05, 4.69) is 39.1 Å². The Morgan fingerprint density at radius 2 is 2.33 bits per heavy atom. The van der Waals surface area contributed by atoms with Crippen molar-refractivity contribution in [2.75, 3.05) is 25.4 Å². The van der Waals surface area contributed by atoms with Crippen molar-refractivity contribution in [3.8, 4) is 6.01 Å². The fourth-order valence-corrected chi connectivity index (χ4v) is 3.06. The Kier molecular flexibility index (Phi) is 5.15. The smallest absolute Gasteiger partial charge is 0.336 e.